The summed E-state index contributed by atoms with van der Waals surface area (Å²) in [6.45, 7) is 6.46. The highest BCUT2D eigenvalue weighted by Crippen LogP contribution is 2.35. The second kappa shape index (κ2) is 9.61. The predicted molar refractivity (Wildman–Crippen MR) is 120 cm³/mol. The summed E-state index contributed by atoms with van der Waals surface area (Å²) in [5, 5.41) is 12.3. The van der Waals surface area contributed by atoms with E-state index in [1.807, 2.05) is 31.7 Å². The van der Waals surface area contributed by atoms with Crippen molar-refractivity contribution in [2.45, 2.75) is 51.6 Å². The van der Waals surface area contributed by atoms with Crippen LogP contribution in [0.15, 0.2) is 71.3 Å². The summed E-state index contributed by atoms with van der Waals surface area (Å²) in [5.41, 5.74) is 0.151. The summed E-state index contributed by atoms with van der Waals surface area (Å²) in [4.78, 5) is 1.99. The van der Waals surface area contributed by atoms with Crippen molar-refractivity contribution in [2.24, 2.45) is 0 Å². The highest BCUT2D eigenvalue weighted by Gasteiger charge is 2.34. The fraction of sp³-hybridized carbons (Fsp3) is 0.320. The van der Waals surface area contributed by atoms with E-state index in [2.05, 4.69) is 15.5 Å². The summed E-state index contributed by atoms with van der Waals surface area (Å²) in [7, 11) is 0. The third-order valence-electron chi connectivity index (χ3n) is 5.53. The van der Waals surface area contributed by atoms with Crippen LogP contribution in [0.3, 0.4) is 0 Å². The largest absolute Gasteiger partial charge is 0.468 e. The molecule has 184 valence electrons. The molecule has 4 aromatic rings. The first-order chi connectivity index (χ1) is 16.5. The van der Waals surface area contributed by atoms with E-state index in [4.69, 9.17) is 4.42 Å². The third-order valence-corrected chi connectivity index (χ3v) is 5.53. The van der Waals surface area contributed by atoms with Gasteiger partial charge in [-0.1, -0.05) is 24.3 Å². The van der Waals surface area contributed by atoms with E-state index in [0.717, 1.165) is 17.7 Å². The highest BCUT2D eigenvalue weighted by atomic mass is 19.4. The highest BCUT2D eigenvalue weighted by molar-refractivity contribution is 5.31. The zero-order chi connectivity index (χ0) is 25.2. The number of halogens is 4. The Morgan fingerprint density at radius 1 is 0.943 bits per heavy atom. The van der Waals surface area contributed by atoms with Crippen molar-refractivity contribution in [1.82, 2.24) is 25.1 Å². The summed E-state index contributed by atoms with van der Waals surface area (Å²) >= 11 is 0. The molecule has 35 heavy (non-hydrogen) atoms. The number of tetrazole rings is 1. The number of nitrogens with zero attached hydrogens (tertiary/aromatic N) is 5. The lowest BCUT2D eigenvalue weighted by molar-refractivity contribution is -0.137. The van der Waals surface area contributed by atoms with Crippen LogP contribution in [0.2, 0.25) is 0 Å². The molecule has 2 aromatic carbocycles. The number of furan rings is 1. The molecule has 6 nitrogen and oxygen atoms in total. The molecule has 1 atom stereocenters. The maximum absolute atomic E-state index is 13.5. The summed E-state index contributed by atoms with van der Waals surface area (Å²) in [6, 6.07) is 14.0. The molecule has 0 aliphatic rings. The average Bonchev–Trinajstić information content (AvgIpc) is 3.47. The zero-order valence-corrected chi connectivity index (χ0v) is 19.5. The van der Waals surface area contributed by atoms with Gasteiger partial charge in [0, 0.05) is 6.54 Å². The van der Waals surface area contributed by atoms with Gasteiger partial charge in [0.15, 0.2) is 5.82 Å². The first-order valence-corrected chi connectivity index (χ1v) is 11.0. The number of benzene rings is 2. The van der Waals surface area contributed by atoms with Crippen LogP contribution in [0.1, 0.15) is 55.1 Å². The number of hydrogen-bond donors (Lipinski definition) is 0. The van der Waals surface area contributed by atoms with Crippen LogP contribution in [0.4, 0.5) is 17.6 Å². The van der Waals surface area contributed by atoms with Gasteiger partial charge in [0.2, 0.25) is 0 Å². The molecule has 10 heteroatoms. The molecule has 0 aliphatic carbocycles. The lowest BCUT2D eigenvalue weighted by Crippen LogP contribution is -2.34. The van der Waals surface area contributed by atoms with Gasteiger partial charge >= 0.3 is 6.18 Å². The van der Waals surface area contributed by atoms with Gasteiger partial charge < -0.3 is 4.42 Å². The van der Waals surface area contributed by atoms with E-state index in [1.54, 1.807) is 29.1 Å². The van der Waals surface area contributed by atoms with Crippen LogP contribution in [0.5, 0.6) is 0 Å². The minimum atomic E-state index is -4.46. The molecular formula is C25H25F4N5O. The molecule has 0 fully saturated rings. The fourth-order valence-electron chi connectivity index (χ4n) is 3.89. The molecule has 0 amide bonds. The van der Waals surface area contributed by atoms with Gasteiger partial charge in [0.05, 0.1) is 30.0 Å². The minimum absolute atomic E-state index is 0.313. The van der Waals surface area contributed by atoms with Crippen molar-refractivity contribution in [3.8, 4) is 0 Å². The Balaban J connectivity index is 1.84. The Kier molecular flexibility index (Phi) is 6.75. The van der Waals surface area contributed by atoms with Gasteiger partial charge in [-0.3, -0.25) is 4.90 Å². The second-order valence-electron chi connectivity index (χ2n) is 9.25. The molecule has 4 rings (SSSR count). The molecule has 0 unspecified atom stereocenters. The molecule has 0 bridgehead atoms. The van der Waals surface area contributed by atoms with E-state index >= 15 is 0 Å². The van der Waals surface area contributed by atoms with E-state index in [1.165, 1.54) is 24.3 Å². The van der Waals surface area contributed by atoms with E-state index in [9.17, 15) is 17.6 Å². The maximum atomic E-state index is 13.5. The van der Waals surface area contributed by atoms with E-state index in [0.29, 0.717) is 30.2 Å². The molecule has 0 radical (unpaired) electrons. The normalized spacial score (nSPS) is 13.4. The summed E-state index contributed by atoms with van der Waals surface area (Å²) in [5.74, 6) is 0.757. The summed E-state index contributed by atoms with van der Waals surface area (Å²) in [6.07, 6.45) is -2.90. The van der Waals surface area contributed by atoms with Crippen LogP contribution >= 0.6 is 0 Å². The molecule has 2 heterocycles. The summed E-state index contributed by atoms with van der Waals surface area (Å²) < 4.78 is 60.5. The van der Waals surface area contributed by atoms with Gasteiger partial charge in [-0.15, -0.1) is 5.10 Å². The van der Waals surface area contributed by atoms with Crippen molar-refractivity contribution >= 4 is 0 Å². The maximum Gasteiger partial charge on any atom is 0.416 e. The molecular weight excluding hydrogens is 462 g/mol. The number of rotatable bonds is 7. The lowest BCUT2D eigenvalue weighted by atomic mass is 9.99. The van der Waals surface area contributed by atoms with Crippen LogP contribution in [0, 0.1) is 5.82 Å². The molecule has 0 aliphatic heterocycles. The first-order valence-electron chi connectivity index (χ1n) is 11.0. The van der Waals surface area contributed by atoms with Crippen molar-refractivity contribution in [2.75, 3.05) is 0 Å². The van der Waals surface area contributed by atoms with E-state index < -0.39 is 23.3 Å². The van der Waals surface area contributed by atoms with Crippen LogP contribution < -0.4 is 0 Å². The monoisotopic (exact) mass is 487 g/mol. The Hall–Kier alpha value is -3.53. The van der Waals surface area contributed by atoms with Gasteiger partial charge in [-0.2, -0.15) is 13.2 Å². The number of aromatic nitrogens is 4. The number of hydrogen-bond acceptors (Lipinski definition) is 5. The van der Waals surface area contributed by atoms with Gasteiger partial charge in [0.25, 0.3) is 0 Å². The quantitative estimate of drug-likeness (QED) is 0.301. The van der Waals surface area contributed by atoms with Crippen LogP contribution in [-0.4, -0.2) is 25.1 Å². The molecule has 0 spiro atoms. The lowest BCUT2D eigenvalue weighted by Gasteiger charge is -2.33. The predicted octanol–water partition coefficient (Wildman–Crippen LogP) is 5.97. The van der Waals surface area contributed by atoms with Crippen LogP contribution in [0.25, 0.3) is 0 Å². The number of alkyl halides is 3. The van der Waals surface area contributed by atoms with Crippen molar-refractivity contribution in [3.63, 3.8) is 0 Å². The van der Waals surface area contributed by atoms with Gasteiger partial charge in [-0.25, -0.2) is 9.07 Å². The fourth-order valence-corrected chi connectivity index (χ4v) is 3.89. The van der Waals surface area contributed by atoms with Gasteiger partial charge in [0.1, 0.15) is 11.6 Å². The van der Waals surface area contributed by atoms with Crippen molar-refractivity contribution < 1.29 is 22.0 Å². The van der Waals surface area contributed by atoms with E-state index in [-0.39, 0.29) is 5.82 Å². The van der Waals surface area contributed by atoms with Gasteiger partial charge in [-0.05, 0) is 78.7 Å². The standard InChI is InChI=1S/C25H25F4N5O/c1-24(2,3)34-23(30-31-32-34)22(18-8-10-19(11-9-18)25(27,28)29)33(16-21-5-4-14-35-21)15-17-6-12-20(26)13-7-17/h4-14,22H,15-16H2,1-3H3/t22-/m1/s1. The smallest absolute Gasteiger partial charge is 0.416 e. The third kappa shape index (κ3) is 5.76. The Bertz CT molecular complexity index is 1230. The SMILES string of the molecule is CC(C)(C)n1nnnc1[C@@H](c1ccc(C(F)(F)F)cc1)N(Cc1ccc(F)cc1)Cc1ccco1. The molecule has 0 saturated heterocycles. The first kappa shape index (κ1) is 24.6. The zero-order valence-electron chi connectivity index (χ0n) is 19.5. The topological polar surface area (TPSA) is 60.0 Å². The van der Waals surface area contributed by atoms with Crippen molar-refractivity contribution in [1.29, 1.82) is 0 Å². The van der Waals surface area contributed by atoms with Crippen molar-refractivity contribution in [3.05, 3.63) is 101 Å². The molecule has 0 saturated carbocycles. The minimum Gasteiger partial charge on any atom is -0.468 e. The van der Waals surface area contributed by atoms with Crippen LogP contribution in [-0.2, 0) is 24.8 Å². The molecule has 0 N–H and O–H groups in total. The molecule has 2 aromatic heterocycles. The average molecular weight is 488 g/mol. The Labute approximate surface area is 200 Å². The second-order valence-corrected chi connectivity index (χ2v) is 9.25. The Morgan fingerprint density at radius 3 is 2.20 bits per heavy atom. The Morgan fingerprint density at radius 2 is 1.63 bits per heavy atom.